The van der Waals surface area contributed by atoms with Gasteiger partial charge in [-0.3, -0.25) is 0 Å². The smallest absolute Gasteiger partial charge is 0.202 e. The molecule has 0 fully saturated rings. The minimum atomic E-state index is 0.266. The molecular formula is C8H15N3O. The fraction of sp³-hybridized carbons (Fsp3) is 0.625. The van der Waals surface area contributed by atoms with Gasteiger partial charge >= 0.3 is 0 Å². The van der Waals surface area contributed by atoms with Gasteiger partial charge in [0.15, 0.2) is 0 Å². The molecule has 0 aliphatic heterocycles. The van der Waals surface area contributed by atoms with Gasteiger partial charge in [0.1, 0.15) is 0 Å². The topological polar surface area (TPSA) is 50.1 Å². The SMILES string of the molecule is Cn1ccnc1NCCCCO. The fourth-order valence-corrected chi connectivity index (χ4v) is 0.973. The van der Waals surface area contributed by atoms with Gasteiger partial charge in [-0.1, -0.05) is 0 Å². The first kappa shape index (κ1) is 9.06. The molecule has 0 amide bonds. The highest BCUT2D eigenvalue weighted by atomic mass is 16.2. The third-order valence-electron chi connectivity index (χ3n) is 1.69. The van der Waals surface area contributed by atoms with Crippen molar-refractivity contribution in [2.24, 2.45) is 7.05 Å². The van der Waals surface area contributed by atoms with E-state index in [-0.39, 0.29) is 6.61 Å². The van der Waals surface area contributed by atoms with Crippen molar-refractivity contribution in [1.82, 2.24) is 9.55 Å². The molecule has 0 bridgehead atoms. The maximum absolute atomic E-state index is 8.53. The molecule has 0 unspecified atom stereocenters. The molecule has 1 heterocycles. The summed E-state index contributed by atoms with van der Waals surface area (Å²) >= 11 is 0. The normalized spacial score (nSPS) is 10.2. The van der Waals surface area contributed by atoms with Crippen LogP contribution in [0.3, 0.4) is 0 Å². The second-order valence-corrected chi connectivity index (χ2v) is 2.72. The second kappa shape index (κ2) is 4.77. The van der Waals surface area contributed by atoms with Crippen LogP contribution in [0, 0.1) is 0 Å². The third kappa shape index (κ3) is 2.54. The molecule has 0 spiro atoms. The lowest BCUT2D eigenvalue weighted by atomic mass is 10.3. The highest BCUT2D eigenvalue weighted by Crippen LogP contribution is 2.00. The fourth-order valence-electron chi connectivity index (χ4n) is 0.973. The summed E-state index contributed by atoms with van der Waals surface area (Å²) < 4.78 is 1.93. The molecule has 0 aliphatic carbocycles. The van der Waals surface area contributed by atoms with Gasteiger partial charge in [-0.2, -0.15) is 0 Å². The van der Waals surface area contributed by atoms with E-state index in [1.165, 1.54) is 0 Å². The Balaban J connectivity index is 2.20. The van der Waals surface area contributed by atoms with E-state index in [4.69, 9.17) is 5.11 Å². The van der Waals surface area contributed by atoms with E-state index in [2.05, 4.69) is 10.3 Å². The molecule has 1 rings (SSSR count). The molecule has 0 saturated carbocycles. The average Bonchev–Trinajstić information content (AvgIpc) is 2.46. The van der Waals surface area contributed by atoms with Crippen molar-refractivity contribution < 1.29 is 5.11 Å². The van der Waals surface area contributed by atoms with Gasteiger partial charge in [-0.25, -0.2) is 4.98 Å². The monoisotopic (exact) mass is 169 g/mol. The number of unbranched alkanes of at least 4 members (excludes halogenated alkanes) is 1. The summed E-state index contributed by atoms with van der Waals surface area (Å²) in [6, 6.07) is 0. The van der Waals surface area contributed by atoms with Crippen LogP contribution in [0.4, 0.5) is 5.95 Å². The molecule has 0 saturated heterocycles. The number of nitrogens with one attached hydrogen (secondary N) is 1. The molecule has 68 valence electrons. The summed E-state index contributed by atoms with van der Waals surface area (Å²) in [5.41, 5.74) is 0. The number of nitrogens with zero attached hydrogens (tertiary/aromatic N) is 2. The Kier molecular flexibility index (Phi) is 3.60. The highest BCUT2D eigenvalue weighted by molar-refractivity contribution is 5.24. The van der Waals surface area contributed by atoms with Gasteiger partial charge in [0.05, 0.1) is 0 Å². The maximum Gasteiger partial charge on any atom is 0.202 e. The number of hydrogen-bond acceptors (Lipinski definition) is 3. The lowest BCUT2D eigenvalue weighted by molar-refractivity contribution is 0.286. The van der Waals surface area contributed by atoms with Crippen LogP contribution < -0.4 is 5.32 Å². The summed E-state index contributed by atoms with van der Waals surface area (Å²) in [4.78, 5) is 4.10. The first-order chi connectivity index (χ1) is 5.84. The zero-order valence-corrected chi connectivity index (χ0v) is 7.32. The molecule has 0 atom stereocenters. The summed E-state index contributed by atoms with van der Waals surface area (Å²) in [5.74, 6) is 0.882. The summed E-state index contributed by atoms with van der Waals surface area (Å²) in [6.07, 6.45) is 5.48. The third-order valence-corrected chi connectivity index (χ3v) is 1.69. The van der Waals surface area contributed by atoms with Crippen molar-refractivity contribution in [2.45, 2.75) is 12.8 Å². The van der Waals surface area contributed by atoms with Crippen molar-refractivity contribution in [1.29, 1.82) is 0 Å². The Morgan fingerprint density at radius 2 is 2.42 bits per heavy atom. The van der Waals surface area contributed by atoms with E-state index in [9.17, 15) is 0 Å². The minimum Gasteiger partial charge on any atom is -0.396 e. The second-order valence-electron chi connectivity index (χ2n) is 2.72. The summed E-state index contributed by atoms with van der Waals surface area (Å²) in [5, 5.41) is 11.7. The van der Waals surface area contributed by atoms with Crippen LogP contribution in [0.2, 0.25) is 0 Å². The van der Waals surface area contributed by atoms with Crippen LogP contribution in [0.25, 0.3) is 0 Å². The Morgan fingerprint density at radius 1 is 1.58 bits per heavy atom. The van der Waals surface area contributed by atoms with Gasteiger partial charge in [0.25, 0.3) is 0 Å². The number of rotatable bonds is 5. The zero-order valence-electron chi connectivity index (χ0n) is 7.32. The van der Waals surface area contributed by atoms with E-state index in [0.29, 0.717) is 0 Å². The number of aliphatic hydroxyl groups is 1. The zero-order chi connectivity index (χ0) is 8.81. The molecule has 12 heavy (non-hydrogen) atoms. The van der Waals surface area contributed by atoms with Crippen molar-refractivity contribution in [3.63, 3.8) is 0 Å². The Bertz CT molecular complexity index is 222. The lowest BCUT2D eigenvalue weighted by Gasteiger charge is -2.04. The standard InChI is InChI=1S/C8H15N3O/c1-11-6-5-10-8(11)9-4-2-3-7-12/h5-6,12H,2-4,7H2,1H3,(H,9,10). The molecule has 0 radical (unpaired) electrons. The number of aryl methyl sites for hydroxylation is 1. The molecular weight excluding hydrogens is 154 g/mol. The number of hydrogen-bond donors (Lipinski definition) is 2. The summed E-state index contributed by atoms with van der Waals surface area (Å²) in [7, 11) is 1.95. The average molecular weight is 169 g/mol. The van der Waals surface area contributed by atoms with Crippen LogP contribution in [0.5, 0.6) is 0 Å². The predicted molar refractivity (Wildman–Crippen MR) is 48.0 cm³/mol. The van der Waals surface area contributed by atoms with Gasteiger partial charge in [-0.05, 0) is 12.8 Å². The molecule has 0 aromatic carbocycles. The maximum atomic E-state index is 8.53. The molecule has 0 aliphatic rings. The number of aliphatic hydroxyl groups excluding tert-OH is 1. The van der Waals surface area contributed by atoms with Gasteiger partial charge < -0.3 is 15.0 Å². The Labute approximate surface area is 72.2 Å². The van der Waals surface area contributed by atoms with Gasteiger partial charge in [-0.15, -0.1) is 0 Å². The number of imidazole rings is 1. The van der Waals surface area contributed by atoms with Crippen molar-refractivity contribution in [3.05, 3.63) is 12.4 Å². The van der Waals surface area contributed by atoms with E-state index in [0.717, 1.165) is 25.3 Å². The molecule has 1 aromatic rings. The molecule has 4 nitrogen and oxygen atoms in total. The predicted octanol–water partition coefficient (Wildman–Crippen LogP) is 0.604. The van der Waals surface area contributed by atoms with E-state index >= 15 is 0 Å². The Hall–Kier alpha value is -1.03. The lowest BCUT2D eigenvalue weighted by Crippen LogP contribution is -2.06. The van der Waals surface area contributed by atoms with Crippen LogP contribution in [0.1, 0.15) is 12.8 Å². The van der Waals surface area contributed by atoms with Crippen LogP contribution in [-0.2, 0) is 7.05 Å². The van der Waals surface area contributed by atoms with Crippen molar-refractivity contribution >= 4 is 5.95 Å². The van der Waals surface area contributed by atoms with Crippen molar-refractivity contribution in [3.8, 4) is 0 Å². The van der Waals surface area contributed by atoms with Gasteiger partial charge in [0.2, 0.25) is 5.95 Å². The quantitative estimate of drug-likeness (QED) is 0.635. The Morgan fingerprint density at radius 3 is 3.00 bits per heavy atom. The number of anilines is 1. The molecule has 4 heteroatoms. The van der Waals surface area contributed by atoms with E-state index in [1.54, 1.807) is 6.20 Å². The van der Waals surface area contributed by atoms with E-state index < -0.39 is 0 Å². The van der Waals surface area contributed by atoms with E-state index in [1.807, 2.05) is 17.8 Å². The first-order valence-electron chi connectivity index (χ1n) is 4.16. The van der Waals surface area contributed by atoms with Crippen LogP contribution >= 0.6 is 0 Å². The van der Waals surface area contributed by atoms with Crippen molar-refractivity contribution in [2.75, 3.05) is 18.5 Å². The molecule has 1 aromatic heterocycles. The van der Waals surface area contributed by atoms with Crippen LogP contribution in [-0.4, -0.2) is 27.8 Å². The van der Waals surface area contributed by atoms with Crippen LogP contribution in [0.15, 0.2) is 12.4 Å². The van der Waals surface area contributed by atoms with Gasteiger partial charge in [0, 0.05) is 32.6 Å². The largest absolute Gasteiger partial charge is 0.396 e. The highest BCUT2D eigenvalue weighted by Gasteiger charge is 1.95. The summed E-state index contributed by atoms with van der Waals surface area (Å²) in [6.45, 7) is 1.13. The number of aromatic nitrogens is 2. The first-order valence-corrected chi connectivity index (χ1v) is 4.16. The molecule has 2 N–H and O–H groups in total. The minimum absolute atomic E-state index is 0.266.